The molecule has 0 amide bonds. The van der Waals surface area contributed by atoms with E-state index in [1.165, 1.54) is 50.7 Å². The molecule has 0 heterocycles. The van der Waals surface area contributed by atoms with Crippen LogP contribution in [0.15, 0.2) is 24.0 Å². The first-order chi connectivity index (χ1) is 20.1. The SMILES string of the molecule is CCCCCCCCOOC(=CC=C(OCCCCS(=O)(=O)[O-])OOCCCCCCCC)OCCCCS(=O)(=O)[O-].[Na+].[Na+]. The van der Waals surface area contributed by atoms with Crippen LogP contribution in [0, 0.1) is 0 Å². The van der Waals surface area contributed by atoms with Gasteiger partial charge < -0.3 is 18.6 Å². The largest absolute Gasteiger partial charge is 1.00 e. The molecule has 0 radical (unpaired) electrons. The van der Waals surface area contributed by atoms with E-state index in [4.69, 9.17) is 29.0 Å². The summed E-state index contributed by atoms with van der Waals surface area (Å²) >= 11 is 0. The average molecular weight is 691 g/mol. The number of rotatable bonds is 31. The van der Waals surface area contributed by atoms with Gasteiger partial charge in [-0.15, -0.1) is 0 Å². The summed E-state index contributed by atoms with van der Waals surface area (Å²) in [6, 6.07) is 0. The van der Waals surface area contributed by atoms with Crippen molar-refractivity contribution in [1.29, 1.82) is 0 Å². The van der Waals surface area contributed by atoms with Crippen molar-refractivity contribution < 1.29 is 114 Å². The number of hydrogen-bond donors (Lipinski definition) is 0. The van der Waals surface area contributed by atoms with E-state index in [2.05, 4.69) is 13.8 Å². The Bertz CT molecular complexity index is 840. The second-order valence-corrected chi connectivity index (χ2v) is 13.0. The number of ether oxygens (including phenoxy) is 2. The minimum Gasteiger partial charge on any atom is -0.748 e. The van der Waals surface area contributed by atoms with Gasteiger partial charge in [-0.3, -0.25) is 9.78 Å². The molecule has 0 saturated carbocycles. The van der Waals surface area contributed by atoms with E-state index in [0.29, 0.717) is 26.1 Å². The summed E-state index contributed by atoms with van der Waals surface area (Å²) in [6.07, 6.45) is 16.5. The Morgan fingerprint density at radius 1 is 0.500 bits per heavy atom. The number of allylic oxidation sites excluding steroid dienone is 2. The van der Waals surface area contributed by atoms with E-state index in [0.717, 1.165) is 38.5 Å². The van der Waals surface area contributed by atoms with Gasteiger partial charge in [-0.05, 0) is 38.5 Å². The van der Waals surface area contributed by atoms with Crippen molar-refractivity contribution in [2.75, 3.05) is 37.9 Å². The molecule has 0 bridgehead atoms. The third kappa shape index (κ3) is 38.6. The molecule has 0 spiro atoms. The zero-order valence-electron chi connectivity index (χ0n) is 27.4. The van der Waals surface area contributed by atoms with Crippen molar-refractivity contribution in [3.8, 4) is 0 Å². The van der Waals surface area contributed by atoms with Crippen molar-refractivity contribution in [3.05, 3.63) is 24.0 Å². The van der Waals surface area contributed by atoms with Crippen LogP contribution in [0.2, 0.25) is 0 Å². The number of hydrogen-bond acceptors (Lipinski definition) is 12. The molecular weight excluding hydrogens is 638 g/mol. The molecule has 0 rings (SSSR count). The molecule has 44 heavy (non-hydrogen) atoms. The number of unbranched alkanes of at least 4 members (excludes halogenated alkanes) is 12. The van der Waals surface area contributed by atoms with Gasteiger partial charge in [0.05, 0.1) is 46.7 Å². The van der Waals surface area contributed by atoms with Crippen LogP contribution in [0.5, 0.6) is 0 Å². The Morgan fingerprint density at radius 3 is 1.16 bits per heavy atom. The van der Waals surface area contributed by atoms with Crippen LogP contribution in [0.25, 0.3) is 0 Å². The van der Waals surface area contributed by atoms with Crippen LogP contribution < -0.4 is 59.1 Å². The molecule has 0 unspecified atom stereocenters. The van der Waals surface area contributed by atoms with E-state index >= 15 is 0 Å². The van der Waals surface area contributed by atoms with Gasteiger partial charge in [-0.25, -0.2) is 16.8 Å². The van der Waals surface area contributed by atoms with E-state index < -0.39 is 31.7 Å². The van der Waals surface area contributed by atoms with Gasteiger partial charge in [-0.2, -0.15) is 9.78 Å². The summed E-state index contributed by atoms with van der Waals surface area (Å²) in [5.74, 6) is -1.05. The van der Waals surface area contributed by atoms with Gasteiger partial charge in [-0.1, -0.05) is 78.1 Å². The van der Waals surface area contributed by atoms with E-state index in [1.54, 1.807) is 0 Å². The third-order valence-electron chi connectivity index (χ3n) is 5.87. The van der Waals surface area contributed by atoms with Crippen LogP contribution in [-0.4, -0.2) is 63.9 Å². The molecular formula is C28H52Na2O12S2. The zero-order chi connectivity index (χ0) is 31.4. The predicted molar refractivity (Wildman–Crippen MR) is 156 cm³/mol. The molecule has 0 aromatic heterocycles. The summed E-state index contributed by atoms with van der Waals surface area (Å²) in [4.78, 5) is 21.2. The fourth-order valence-corrected chi connectivity index (χ4v) is 4.64. The fraction of sp³-hybridized carbons (Fsp3) is 0.857. The maximum atomic E-state index is 10.8. The molecule has 12 nitrogen and oxygen atoms in total. The van der Waals surface area contributed by atoms with E-state index in [9.17, 15) is 25.9 Å². The second-order valence-electron chi connectivity index (χ2n) is 9.95. The first kappa shape index (κ1) is 48.8. The Morgan fingerprint density at radius 2 is 0.818 bits per heavy atom. The first-order valence-corrected chi connectivity index (χ1v) is 18.4. The first-order valence-electron chi connectivity index (χ1n) is 15.2. The molecule has 0 fully saturated rings. The molecule has 0 atom stereocenters. The molecule has 16 heteroatoms. The monoisotopic (exact) mass is 690 g/mol. The Labute approximate surface area is 310 Å². The van der Waals surface area contributed by atoms with Crippen molar-refractivity contribution in [2.45, 2.75) is 117 Å². The maximum absolute atomic E-state index is 10.8. The molecule has 0 aromatic rings. The minimum atomic E-state index is -4.30. The van der Waals surface area contributed by atoms with Crippen LogP contribution in [0.4, 0.5) is 0 Å². The molecule has 0 aliphatic rings. The molecule has 0 saturated heterocycles. The Balaban J connectivity index is -0.00000840. The van der Waals surface area contributed by atoms with Crippen molar-refractivity contribution in [3.63, 3.8) is 0 Å². The van der Waals surface area contributed by atoms with E-state index in [1.807, 2.05) is 0 Å². The van der Waals surface area contributed by atoms with Gasteiger partial charge in [0.1, 0.15) is 0 Å². The third-order valence-corrected chi connectivity index (χ3v) is 7.44. The van der Waals surface area contributed by atoms with Crippen LogP contribution in [0.1, 0.15) is 117 Å². The van der Waals surface area contributed by atoms with E-state index in [-0.39, 0.29) is 97.1 Å². The van der Waals surface area contributed by atoms with Gasteiger partial charge in [0.2, 0.25) is 0 Å². The van der Waals surface area contributed by atoms with Crippen molar-refractivity contribution >= 4 is 20.2 Å². The molecule has 0 aliphatic carbocycles. The summed E-state index contributed by atoms with van der Waals surface area (Å²) < 4.78 is 76.0. The molecule has 0 aliphatic heterocycles. The average Bonchev–Trinajstić information content (AvgIpc) is 2.91. The van der Waals surface area contributed by atoms with Crippen LogP contribution in [-0.2, 0) is 49.3 Å². The van der Waals surface area contributed by atoms with Gasteiger partial charge in [0, 0.05) is 23.7 Å². The maximum Gasteiger partial charge on any atom is 1.00 e. The zero-order valence-corrected chi connectivity index (χ0v) is 33.1. The van der Waals surface area contributed by atoms with Crippen LogP contribution >= 0.6 is 0 Å². The minimum absolute atomic E-state index is 0. The molecule has 0 N–H and O–H groups in total. The normalized spacial score (nSPS) is 12.3. The Hall–Kier alpha value is 0.420. The van der Waals surface area contributed by atoms with Crippen LogP contribution in [0.3, 0.4) is 0 Å². The fourth-order valence-electron chi connectivity index (χ4n) is 3.53. The summed E-state index contributed by atoms with van der Waals surface area (Å²) in [7, 11) is -8.60. The summed E-state index contributed by atoms with van der Waals surface area (Å²) in [5.41, 5.74) is 0. The van der Waals surface area contributed by atoms with Gasteiger partial charge in [0.25, 0.3) is 0 Å². The predicted octanol–water partition coefficient (Wildman–Crippen LogP) is -0.0214. The topological polar surface area (TPSA) is 170 Å². The van der Waals surface area contributed by atoms with Crippen molar-refractivity contribution in [2.24, 2.45) is 0 Å². The molecule has 250 valence electrons. The standard InChI is InChI=1S/C28H54O12S2.2Na/c1-3-5-7-9-11-13-23-37-39-27(35-21-15-17-25-41(29,30)31)19-20-28(36-22-16-18-26-42(32,33)34)40-38-24-14-12-10-8-6-4-2;;/h19-20H,3-18,21-26H2,1-2H3,(H,29,30,31)(H,32,33,34);;/q;2*+1/p-2. The van der Waals surface area contributed by atoms with Gasteiger partial charge in [0.15, 0.2) is 0 Å². The summed E-state index contributed by atoms with van der Waals surface area (Å²) in [6.45, 7) is 5.15. The molecule has 0 aromatic carbocycles. The smallest absolute Gasteiger partial charge is 0.748 e. The van der Waals surface area contributed by atoms with Crippen molar-refractivity contribution in [1.82, 2.24) is 0 Å². The Kier molecular flexibility index (Phi) is 37.0. The quantitative estimate of drug-likeness (QED) is 0.0182. The summed E-state index contributed by atoms with van der Waals surface area (Å²) in [5, 5.41) is 0. The second kappa shape index (κ2) is 33.3. The van der Waals surface area contributed by atoms with Gasteiger partial charge >= 0.3 is 71.0 Å².